The quantitative estimate of drug-likeness (QED) is 0.713. The molecule has 1 aliphatic carbocycles. The smallest absolute Gasteiger partial charge is 0.312 e. The van der Waals surface area contributed by atoms with E-state index in [2.05, 4.69) is 31.2 Å². The van der Waals surface area contributed by atoms with Gasteiger partial charge in [-0.05, 0) is 57.1 Å². The average Bonchev–Trinajstić information content (AvgIpc) is 2.48. The molecule has 0 aliphatic heterocycles. The molecule has 0 aromatic heterocycles. The van der Waals surface area contributed by atoms with Crippen molar-refractivity contribution in [2.45, 2.75) is 71.8 Å². The average molecular weight is 288 g/mol. The first-order valence-electron chi connectivity index (χ1n) is 8.27. The molecule has 0 saturated carbocycles. The maximum atomic E-state index is 12.6. The Morgan fingerprint density at radius 2 is 2.00 bits per heavy atom. The monoisotopic (exact) mass is 288 g/mol. The van der Waals surface area contributed by atoms with Gasteiger partial charge in [-0.15, -0.1) is 0 Å². The molecule has 1 unspecified atom stereocenters. The molecule has 0 spiro atoms. The van der Waals surface area contributed by atoms with Gasteiger partial charge < -0.3 is 4.74 Å². The number of benzene rings is 1. The van der Waals surface area contributed by atoms with Crippen molar-refractivity contribution in [3.8, 4) is 0 Å². The Labute approximate surface area is 128 Å². The minimum Gasteiger partial charge on any atom is -0.454 e. The molecule has 1 atom stereocenters. The number of ether oxygens (including phenoxy) is 1. The summed E-state index contributed by atoms with van der Waals surface area (Å²) in [5.41, 5.74) is 1.76. The van der Waals surface area contributed by atoms with E-state index in [1.165, 1.54) is 11.1 Å². The van der Waals surface area contributed by atoms with Crippen molar-refractivity contribution in [3.63, 3.8) is 0 Å². The fraction of sp³-hybridized carbons (Fsp3) is 0.632. The minimum absolute atomic E-state index is 0.0600. The van der Waals surface area contributed by atoms with Crippen LogP contribution in [0.1, 0.15) is 70.9 Å². The van der Waals surface area contributed by atoms with E-state index in [-0.39, 0.29) is 5.97 Å². The Bertz CT molecular complexity index is 504. The predicted octanol–water partition coefficient (Wildman–Crippen LogP) is 5.00. The second-order valence-electron chi connectivity index (χ2n) is 6.88. The number of aryl methyl sites for hydroxylation is 1. The van der Waals surface area contributed by atoms with E-state index >= 15 is 0 Å². The predicted molar refractivity (Wildman–Crippen MR) is 86.1 cm³/mol. The highest BCUT2D eigenvalue weighted by Gasteiger charge is 2.42. The third-order valence-electron chi connectivity index (χ3n) is 4.91. The van der Waals surface area contributed by atoms with Gasteiger partial charge in [0.05, 0.1) is 5.41 Å². The summed E-state index contributed by atoms with van der Waals surface area (Å²) in [4.78, 5) is 12.6. The van der Waals surface area contributed by atoms with E-state index in [1.54, 1.807) is 0 Å². The zero-order valence-electron chi connectivity index (χ0n) is 13.9. The number of fused-ring (bicyclic) bond motifs is 1. The van der Waals surface area contributed by atoms with Crippen molar-refractivity contribution in [1.82, 2.24) is 0 Å². The van der Waals surface area contributed by atoms with E-state index in [0.717, 1.165) is 38.5 Å². The summed E-state index contributed by atoms with van der Waals surface area (Å²) >= 11 is 0. The minimum atomic E-state index is -0.410. The zero-order chi connectivity index (χ0) is 15.5. The highest BCUT2D eigenvalue weighted by molar-refractivity contribution is 5.76. The van der Waals surface area contributed by atoms with Crippen LogP contribution in [0.4, 0.5) is 0 Å². The lowest BCUT2D eigenvalue weighted by Crippen LogP contribution is -2.40. The second-order valence-corrected chi connectivity index (χ2v) is 6.88. The summed E-state index contributed by atoms with van der Waals surface area (Å²) in [6, 6.07) is 8.47. The van der Waals surface area contributed by atoms with E-state index in [1.807, 2.05) is 20.8 Å². The highest BCUT2D eigenvalue weighted by atomic mass is 16.6. The first kappa shape index (κ1) is 16.1. The lowest BCUT2D eigenvalue weighted by Gasteiger charge is -2.40. The lowest BCUT2D eigenvalue weighted by atomic mass is 9.76. The molecule has 2 heteroatoms. The molecular weight excluding hydrogens is 260 g/mol. The molecule has 21 heavy (non-hydrogen) atoms. The number of hydrogen-bond donors (Lipinski definition) is 0. The van der Waals surface area contributed by atoms with Crippen LogP contribution < -0.4 is 0 Å². The first-order valence-corrected chi connectivity index (χ1v) is 8.27. The topological polar surface area (TPSA) is 26.3 Å². The summed E-state index contributed by atoms with van der Waals surface area (Å²) < 4.78 is 6.16. The number of esters is 1. The molecule has 0 radical (unpaired) electrons. The molecule has 116 valence electrons. The van der Waals surface area contributed by atoms with Crippen LogP contribution in [0.3, 0.4) is 0 Å². The van der Waals surface area contributed by atoms with Crippen LogP contribution in [-0.2, 0) is 21.6 Å². The third-order valence-corrected chi connectivity index (χ3v) is 4.91. The zero-order valence-corrected chi connectivity index (χ0v) is 13.9. The first-order chi connectivity index (χ1) is 9.95. The Morgan fingerprint density at radius 3 is 2.67 bits per heavy atom. The molecule has 2 rings (SSSR count). The number of hydrogen-bond acceptors (Lipinski definition) is 2. The maximum Gasteiger partial charge on any atom is 0.312 e. The molecule has 0 bridgehead atoms. The van der Waals surface area contributed by atoms with E-state index in [9.17, 15) is 4.79 Å². The SMILES string of the molecule is CCCC1(OC(=O)C(C)(C)CC)CCCc2ccccc21. The summed E-state index contributed by atoms with van der Waals surface area (Å²) in [7, 11) is 0. The molecular formula is C19H28O2. The fourth-order valence-corrected chi connectivity index (χ4v) is 3.16. The van der Waals surface area contributed by atoms with E-state index in [0.29, 0.717) is 0 Å². The molecule has 0 N–H and O–H groups in total. The molecule has 1 aliphatic rings. The third kappa shape index (κ3) is 3.14. The summed E-state index contributed by atoms with van der Waals surface area (Å²) in [5, 5.41) is 0. The van der Waals surface area contributed by atoms with Crippen molar-refractivity contribution in [2.75, 3.05) is 0 Å². The number of carbonyl (C=O) groups is 1. The van der Waals surface area contributed by atoms with Crippen molar-refractivity contribution < 1.29 is 9.53 Å². The van der Waals surface area contributed by atoms with Gasteiger partial charge in [0.1, 0.15) is 5.60 Å². The molecule has 0 fully saturated rings. The maximum absolute atomic E-state index is 12.6. The normalized spacial score (nSPS) is 21.7. The second kappa shape index (κ2) is 6.21. The van der Waals surface area contributed by atoms with Crippen molar-refractivity contribution >= 4 is 5.97 Å². The van der Waals surface area contributed by atoms with Gasteiger partial charge in [-0.2, -0.15) is 0 Å². The van der Waals surface area contributed by atoms with Gasteiger partial charge in [0.15, 0.2) is 0 Å². The van der Waals surface area contributed by atoms with Crippen LogP contribution in [0, 0.1) is 5.41 Å². The van der Waals surface area contributed by atoms with Gasteiger partial charge in [0, 0.05) is 0 Å². The van der Waals surface area contributed by atoms with Gasteiger partial charge >= 0.3 is 5.97 Å². The lowest BCUT2D eigenvalue weighted by molar-refractivity contribution is -0.175. The standard InChI is InChI=1S/C19H28O2/c1-5-13-19(21-17(20)18(3,4)6-2)14-9-11-15-10-7-8-12-16(15)19/h7-8,10,12H,5-6,9,11,13-14H2,1-4H3. The largest absolute Gasteiger partial charge is 0.454 e. The summed E-state index contributed by atoms with van der Waals surface area (Å²) in [6.45, 7) is 8.16. The molecule has 1 aromatic carbocycles. The van der Waals surface area contributed by atoms with Crippen LogP contribution in [0.2, 0.25) is 0 Å². The van der Waals surface area contributed by atoms with Gasteiger partial charge in [-0.1, -0.05) is 44.5 Å². The van der Waals surface area contributed by atoms with Gasteiger partial charge in [0.25, 0.3) is 0 Å². The molecule has 1 aromatic rings. The van der Waals surface area contributed by atoms with Crippen LogP contribution >= 0.6 is 0 Å². The number of rotatable bonds is 5. The fourth-order valence-electron chi connectivity index (χ4n) is 3.16. The van der Waals surface area contributed by atoms with Gasteiger partial charge in [-0.25, -0.2) is 0 Å². The highest BCUT2D eigenvalue weighted by Crippen LogP contribution is 2.43. The Kier molecular flexibility index (Phi) is 4.75. The molecule has 0 heterocycles. The molecule has 0 saturated heterocycles. The van der Waals surface area contributed by atoms with Crippen LogP contribution in [0.5, 0.6) is 0 Å². The Morgan fingerprint density at radius 1 is 1.29 bits per heavy atom. The summed E-state index contributed by atoms with van der Waals surface area (Å²) in [5.74, 6) is -0.0600. The summed E-state index contributed by atoms with van der Waals surface area (Å²) in [6.07, 6.45) is 5.87. The van der Waals surface area contributed by atoms with E-state index < -0.39 is 11.0 Å². The van der Waals surface area contributed by atoms with Gasteiger partial charge in [-0.3, -0.25) is 4.79 Å². The van der Waals surface area contributed by atoms with Crippen molar-refractivity contribution in [3.05, 3.63) is 35.4 Å². The molecule has 2 nitrogen and oxygen atoms in total. The Balaban J connectivity index is 2.37. The Hall–Kier alpha value is -1.31. The van der Waals surface area contributed by atoms with Gasteiger partial charge in [0.2, 0.25) is 0 Å². The van der Waals surface area contributed by atoms with Crippen molar-refractivity contribution in [1.29, 1.82) is 0 Å². The molecule has 0 amide bonds. The van der Waals surface area contributed by atoms with E-state index in [4.69, 9.17) is 4.74 Å². The van der Waals surface area contributed by atoms with Crippen LogP contribution in [0.25, 0.3) is 0 Å². The van der Waals surface area contributed by atoms with Crippen molar-refractivity contribution in [2.24, 2.45) is 5.41 Å². The van der Waals surface area contributed by atoms with Crippen LogP contribution in [0.15, 0.2) is 24.3 Å². The number of carbonyl (C=O) groups excluding carboxylic acids is 1. The van der Waals surface area contributed by atoms with Crippen LogP contribution in [-0.4, -0.2) is 5.97 Å².